The number of piperidine rings is 1. The molecule has 5 nitrogen and oxygen atoms in total. The third kappa shape index (κ3) is 2.42. The van der Waals surface area contributed by atoms with Crippen LogP contribution in [-0.2, 0) is 19.4 Å². The largest absolute Gasteiger partial charge is 0.393 e. The number of aliphatic hydroxyl groups excluding tert-OH is 1. The Labute approximate surface area is 108 Å². The first kappa shape index (κ1) is 12.1. The number of aromatic nitrogens is 3. The van der Waals surface area contributed by atoms with Gasteiger partial charge in [-0.05, 0) is 32.9 Å². The number of aryl methyl sites for hydroxylation is 1. The van der Waals surface area contributed by atoms with Gasteiger partial charge < -0.3 is 10.0 Å². The highest BCUT2D eigenvalue weighted by molar-refractivity contribution is 5.00. The molecule has 2 aliphatic rings. The lowest BCUT2D eigenvalue weighted by Crippen LogP contribution is -2.37. The lowest BCUT2D eigenvalue weighted by Gasteiger charge is -2.31. The summed E-state index contributed by atoms with van der Waals surface area (Å²) < 4.78 is 1.98. The van der Waals surface area contributed by atoms with E-state index < -0.39 is 0 Å². The fourth-order valence-corrected chi connectivity index (χ4v) is 3.04. The fourth-order valence-electron chi connectivity index (χ4n) is 3.04. The SMILES string of the molecule is CN1CCCCC1Cc1nc2n(n1)CCC(O)C2. The summed E-state index contributed by atoms with van der Waals surface area (Å²) in [5.41, 5.74) is 0. The maximum absolute atomic E-state index is 9.64. The van der Waals surface area contributed by atoms with Gasteiger partial charge in [-0.1, -0.05) is 6.42 Å². The molecule has 0 saturated carbocycles. The Morgan fingerprint density at radius 3 is 3.00 bits per heavy atom. The normalized spacial score (nSPS) is 29.2. The zero-order valence-corrected chi connectivity index (χ0v) is 11.0. The molecule has 0 spiro atoms. The minimum Gasteiger partial charge on any atom is -0.393 e. The molecular weight excluding hydrogens is 228 g/mol. The lowest BCUT2D eigenvalue weighted by atomic mass is 10.00. The van der Waals surface area contributed by atoms with E-state index in [1.165, 1.54) is 25.8 Å². The molecule has 5 heteroatoms. The van der Waals surface area contributed by atoms with Crippen LogP contribution in [0.1, 0.15) is 37.3 Å². The highest BCUT2D eigenvalue weighted by Gasteiger charge is 2.24. The molecule has 1 N–H and O–H groups in total. The topological polar surface area (TPSA) is 54.2 Å². The van der Waals surface area contributed by atoms with Gasteiger partial charge in [0, 0.05) is 25.4 Å². The third-order valence-electron chi connectivity index (χ3n) is 4.22. The second kappa shape index (κ2) is 4.97. The predicted molar refractivity (Wildman–Crippen MR) is 68.3 cm³/mol. The van der Waals surface area contributed by atoms with Crippen molar-refractivity contribution >= 4 is 0 Å². The zero-order valence-electron chi connectivity index (χ0n) is 11.0. The molecule has 0 aliphatic carbocycles. The first-order chi connectivity index (χ1) is 8.72. The lowest BCUT2D eigenvalue weighted by molar-refractivity contribution is 0.138. The monoisotopic (exact) mass is 250 g/mol. The number of rotatable bonds is 2. The molecule has 3 rings (SSSR count). The molecule has 18 heavy (non-hydrogen) atoms. The van der Waals surface area contributed by atoms with Crippen molar-refractivity contribution in [3.05, 3.63) is 11.6 Å². The molecule has 0 radical (unpaired) electrons. The molecule has 1 aromatic rings. The number of hydrogen-bond donors (Lipinski definition) is 1. The van der Waals surface area contributed by atoms with E-state index in [-0.39, 0.29) is 6.10 Å². The van der Waals surface area contributed by atoms with E-state index >= 15 is 0 Å². The molecule has 2 atom stereocenters. The second-order valence-corrected chi connectivity index (χ2v) is 5.65. The van der Waals surface area contributed by atoms with E-state index in [0.717, 1.165) is 31.0 Å². The molecule has 3 heterocycles. The highest BCUT2D eigenvalue weighted by Crippen LogP contribution is 2.19. The summed E-state index contributed by atoms with van der Waals surface area (Å²) in [5.74, 6) is 1.92. The molecule has 0 amide bonds. The fraction of sp³-hybridized carbons (Fsp3) is 0.846. The van der Waals surface area contributed by atoms with Crippen LogP contribution in [0, 0.1) is 0 Å². The van der Waals surface area contributed by atoms with Crippen LogP contribution in [0.25, 0.3) is 0 Å². The standard InChI is InChI=1S/C13H22N4O/c1-16-6-3-2-4-10(16)8-12-14-13-9-11(18)5-7-17(13)15-12/h10-11,18H,2-9H2,1H3. The maximum atomic E-state index is 9.64. The van der Waals surface area contributed by atoms with Gasteiger partial charge in [-0.2, -0.15) is 5.10 Å². The van der Waals surface area contributed by atoms with Crippen LogP contribution in [0.2, 0.25) is 0 Å². The van der Waals surface area contributed by atoms with Crippen LogP contribution in [-0.4, -0.2) is 50.5 Å². The summed E-state index contributed by atoms with van der Waals surface area (Å²) in [6.45, 7) is 2.00. The molecule has 1 fully saturated rings. The summed E-state index contributed by atoms with van der Waals surface area (Å²) >= 11 is 0. The average molecular weight is 250 g/mol. The number of hydrogen-bond acceptors (Lipinski definition) is 4. The first-order valence-electron chi connectivity index (χ1n) is 7.03. The van der Waals surface area contributed by atoms with E-state index in [9.17, 15) is 5.11 Å². The summed E-state index contributed by atoms with van der Waals surface area (Å²) in [7, 11) is 2.20. The minimum atomic E-state index is -0.230. The van der Waals surface area contributed by atoms with Gasteiger partial charge in [0.1, 0.15) is 5.82 Å². The Morgan fingerprint density at radius 2 is 2.17 bits per heavy atom. The van der Waals surface area contributed by atoms with Crippen molar-refractivity contribution in [1.82, 2.24) is 19.7 Å². The third-order valence-corrected chi connectivity index (χ3v) is 4.22. The van der Waals surface area contributed by atoms with E-state index in [0.29, 0.717) is 12.5 Å². The summed E-state index contributed by atoms with van der Waals surface area (Å²) in [5, 5.41) is 14.2. The number of likely N-dealkylation sites (N-methyl/N-ethyl adjacent to an activating group) is 1. The molecule has 1 saturated heterocycles. The van der Waals surface area contributed by atoms with Crippen molar-refractivity contribution in [3.63, 3.8) is 0 Å². The van der Waals surface area contributed by atoms with Crippen molar-refractivity contribution in [2.24, 2.45) is 0 Å². The van der Waals surface area contributed by atoms with Crippen molar-refractivity contribution in [3.8, 4) is 0 Å². The Balaban J connectivity index is 1.69. The Morgan fingerprint density at radius 1 is 1.28 bits per heavy atom. The van der Waals surface area contributed by atoms with Gasteiger partial charge in [-0.3, -0.25) is 0 Å². The Kier molecular flexibility index (Phi) is 3.35. The van der Waals surface area contributed by atoms with E-state index in [4.69, 9.17) is 0 Å². The Bertz CT molecular complexity index is 417. The van der Waals surface area contributed by atoms with Crippen molar-refractivity contribution < 1.29 is 5.11 Å². The molecule has 0 bridgehead atoms. The smallest absolute Gasteiger partial charge is 0.152 e. The first-order valence-corrected chi connectivity index (χ1v) is 7.03. The highest BCUT2D eigenvalue weighted by atomic mass is 16.3. The van der Waals surface area contributed by atoms with Crippen molar-refractivity contribution in [2.45, 2.75) is 57.2 Å². The van der Waals surface area contributed by atoms with E-state index in [1.807, 2.05) is 4.68 Å². The average Bonchev–Trinajstić information content (AvgIpc) is 2.73. The van der Waals surface area contributed by atoms with Gasteiger partial charge in [0.15, 0.2) is 5.82 Å². The summed E-state index contributed by atoms with van der Waals surface area (Å²) in [6, 6.07) is 0.591. The van der Waals surface area contributed by atoms with Crippen molar-refractivity contribution in [1.29, 1.82) is 0 Å². The molecule has 100 valence electrons. The molecular formula is C13H22N4O. The second-order valence-electron chi connectivity index (χ2n) is 5.65. The van der Waals surface area contributed by atoms with Crippen LogP contribution < -0.4 is 0 Å². The molecule has 1 aromatic heterocycles. The van der Waals surface area contributed by atoms with Gasteiger partial charge in [-0.15, -0.1) is 0 Å². The van der Waals surface area contributed by atoms with Crippen LogP contribution >= 0.6 is 0 Å². The molecule has 2 aliphatic heterocycles. The van der Waals surface area contributed by atoms with Gasteiger partial charge in [0.25, 0.3) is 0 Å². The quantitative estimate of drug-likeness (QED) is 0.835. The van der Waals surface area contributed by atoms with E-state index in [2.05, 4.69) is 22.0 Å². The van der Waals surface area contributed by atoms with Gasteiger partial charge in [0.2, 0.25) is 0 Å². The van der Waals surface area contributed by atoms with Crippen LogP contribution in [0.3, 0.4) is 0 Å². The zero-order chi connectivity index (χ0) is 12.5. The number of nitrogens with zero attached hydrogens (tertiary/aromatic N) is 4. The van der Waals surface area contributed by atoms with Gasteiger partial charge >= 0.3 is 0 Å². The van der Waals surface area contributed by atoms with Gasteiger partial charge in [0.05, 0.1) is 6.10 Å². The maximum Gasteiger partial charge on any atom is 0.152 e. The minimum absolute atomic E-state index is 0.230. The molecule has 2 unspecified atom stereocenters. The summed E-state index contributed by atoms with van der Waals surface area (Å²) in [6.07, 6.45) is 6.07. The van der Waals surface area contributed by atoms with Crippen LogP contribution in [0.5, 0.6) is 0 Å². The number of aliphatic hydroxyl groups is 1. The van der Waals surface area contributed by atoms with Crippen molar-refractivity contribution in [2.75, 3.05) is 13.6 Å². The number of fused-ring (bicyclic) bond motifs is 1. The Hall–Kier alpha value is -0.940. The van der Waals surface area contributed by atoms with E-state index in [1.54, 1.807) is 0 Å². The predicted octanol–water partition coefficient (Wildman–Crippen LogP) is 0.612. The van der Waals surface area contributed by atoms with Crippen LogP contribution in [0.4, 0.5) is 0 Å². The molecule has 0 aromatic carbocycles. The van der Waals surface area contributed by atoms with Gasteiger partial charge in [-0.25, -0.2) is 9.67 Å². The summed E-state index contributed by atoms with van der Waals surface area (Å²) in [4.78, 5) is 7.02. The van der Waals surface area contributed by atoms with Crippen LogP contribution in [0.15, 0.2) is 0 Å². The number of likely N-dealkylation sites (tertiary alicyclic amines) is 1.